The summed E-state index contributed by atoms with van der Waals surface area (Å²) in [4.78, 5) is 24.1. The lowest BCUT2D eigenvalue weighted by atomic mass is 10.0. The molecule has 1 aromatic carbocycles. The van der Waals surface area contributed by atoms with E-state index in [9.17, 15) is 9.59 Å². The van der Waals surface area contributed by atoms with Crippen molar-refractivity contribution in [3.63, 3.8) is 0 Å². The number of methoxy groups -OCH3 is 1. The minimum Gasteiger partial charge on any atom is -0.493 e. The molecule has 1 amide bonds. The lowest BCUT2D eigenvalue weighted by Gasteiger charge is -2.26. The second-order valence-electron chi connectivity index (χ2n) is 8.61. The normalized spacial score (nSPS) is 12.6. The van der Waals surface area contributed by atoms with Crippen LogP contribution < -0.4 is 20.5 Å². The van der Waals surface area contributed by atoms with Crippen molar-refractivity contribution in [2.45, 2.75) is 78.5 Å². The number of unbranched alkanes of at least 4 members (excludes halogenated alkanes) is 2. The van der Waals surface area contributed by atoms with E-state index >= 15 is 0 Å². The van der Waals surface area contributed by atoms with Crippen LogP contribution in [0.3, 0.4) is 0 Å². The predicted molar refractivity (Wildman–Crippen MR) is 122 cm³/mol. The van der Waals surface area contributed by atoms with Gasteiger partial charge in [0.25, 0.3) is 0 Å². The van der Waals surface area contributed by atoms with Gasteiger partial charge >= 0.3 is 6.16 Å². The fraction of sp³-hybridized carbons (Fsp3) is 0.583. The van der Waals surface area contributed by atoms with E-state index in [0.717, 1.165) is 24.8 Å². The van der Waals surface area contributed by atoms with Gasteiger partial charge in [0.2, 0.25) is 5.91 Å². The summed E-state index contributed by atoms with van der Waals surface area (Å²) in [5.74, 6) is 1.18. The standard InChI is InChI=1S/C24H38N2O5/c1-17(2)11-9-7-8-10-12-22(27)26-16-19-13-14-20(21(15-19)29-6)31-23(28)30-18(3)24(4,5)25/h9,11,13-15,17-18H,7-8,10,12,16,25H2,1-6H3,(H,26,27)/b11-9+. The molecule has 0 heterocycles. The molecular formula is C24H38N2O5. The highest BCUT2D eigenvalue weighted by Gasteiger charge is 2.25. The minimum absolute atomic E-state index is 0.00842. The minimum atomic E-state index is -0.853. The molecule has 174 valence electrons. The van der Waals surface area contributed by atoms with E-state index in [1.165, 1.54) is 7.11 Å². The van der Waals surface area contributed by atoms with Crippen molar-refractivity contribution in [3.05, 3.63) is 35.9 Å². The summed E-state index contributed by atoms with van der Waals surface area (Å²) in [7, 11) is 1.48. The van der Waals surface area contributed by atoms with Crippen LogP contribution in [0.2, 0.25) is 0 Å². The Morgan fingerprint density at radius 3 is 2.48 bits per heavy atom. The van der Waals surface area contributed by atoms with Gasteiger partial charge in [-0.25, -0.2) is 4.79 Å². The van der Waals surface area contributed by atoms with Crippen LogP contribution in [-0.4, -0.2) is 30.8 Å². The summed E-state index contributed by atoms with van der Waals surface area (Å²) in [6.45, 7) is 9.88. The van der Waals surface area contributed by atoms with Crippen LogP contribution in [0.25, 0.3) is 0 Å². The molecule has 1 aromatic rings. The Labute approximate surface area is 186 Å². The number of nitrogens with one attached hydrogen (secondary N) is 1. The molecule has 0 saturated carbocycles. The first-order valence-corrected chi connectivity index (χ1v) is 10.8. The first kappa shape index (κ1) is 26.5. The first-order valence-electron chi connectivity index (χ1n) is 10.8. The Morgan fingerprint density at radius 2 is 1.87 bits per heavy atom. The van der Waals surface area contributed by atoms with Gasteiger partial charge in [0.05, 0.1) is 7.11 Å². The molecule has 7 nitrogen and oxygen atoms in total. The molecule has 7 heteroatoms. The van der Waals surface area contributed by atoms with E-state index in [1.807, 2.05) is 0 Å². The van der Waals surface area contributed by atoms with Crippen LogP contribution in [0, 0.1) is 5.92 Å². The second kappa shape index (κ2) is 13.0. The van der Waals surface area contributed by atoms with Gasteiger partial charge < -0.3 is 25.3 Å². The molecule has 0 aliphatic carbocycles. The number of benzene rings is 1. The number of carbonyl (C=O) groups excluding carboxylic acids is 2. The van der Waals surface area contributed by atoms with E-state index in [4.69, 9.17) is 19.9 Å². The Kier molecular flexibility index (Phi) is 11.1. The van der Waals surface area contributed by atoms with E-state index in [1.54, 1.807) is 39.0 Å². The molecule has 0 spiro atoms. The highest BCUT2D eigenvalue weighted by Crippen LogP contribution is 2.28. The van der Waals surface area contributed by atoms with Crippen LogP contribution in [0.15, 0.2) is 30.4 Å². The number of rotatable bonds is 12. The lowest BCUT2D eigenvalue weighted by Crippen LogP contribution is -2.46. The smallest absolute Gasteiger partial charge is 0.493 e. The average molecular weight is 435 g/mol. The Bertz CT molecular complexity index is 738. The Morgan fingerprint density at radius 1 is 1.16 bits per heavy atom. The van der Waals surface area contributed by atoms with E-state index in [-0.39, 0.29) is 11.7 Å². The molecule has 0 fully saturated rings. The summed E-state index contributed by atoms with van der Waals surface area (Å²) < 4.78 is 15.8. The largest absolute Gasteiger partial charge is 0.514 e. The SMILES string of the molecule is COc1cc(CNC(=O)CCCC/C=C/C(C)C)ccc1OC(=O)OC(C)C(C)(C)N. The highest BCUT2D eigenvalue weighted by atomic mass is 16.7. The van der Waals surface area contributed by atoms with Crippen LogP contribution in [-0.2, 0) is 16.1 Å². The Balaban J connectivity index is 2.50. The fourth-order valence-corrected chi connectivity index (χ4v) is 2.52. The molecule has 1 unspecified atom stereocenters. The summed E-state index contributed by atoms with van der Waals surface area (Å²) in [6, 6.07) is 5.09. The van der Waals surface area contributed by atoms with Gasteiger partial charge in [0.15, 0.2) is 11.5 Å². The van der Waals surface area contributed by atoms with E-state index < -0.39 is 17.8 Å². The summed E-state index contributed by atoms with van der Waals surface area (Å²) in [6.07, 6.45) is 6.31. The van der Waals surface area contributed by atoms with Crippen molar-refractivity contribution in [2.75, 3.05) is 7.11 Å². The average Bonchev–Trinajstić information content (AvgIpc) is 2.68. The maximum atomic E-state index is 12.1. The molecule has 1 rings (SSSR count). The maximum absolute atomic E-state index is 12.1. The number of nitrogens with two attached hydrogens (primary N) is 1. The second-order valence-corrected chi connectivity index (χ2v) is 8.61. The third kappa shape index (κ3) is 10.9. The van der Waals surface area contributed by atoms with Crippen molar-refractivity contribution in [1.82, 2.24) is 5.32 Å². The topological polar surface area (TPSA) is 99.9 Å². The zero-order valence-corrected chi connectivity index (χ0v) is 19.7. The molecule has 0 saturated heterocycles. The van der Waals surface area contributed by atoms with E-state index in [2.05, 4.69) is 31.3 Å². The maximum Gasteiger partial charge on any atom is 0.514 e. The van der Waals surface area contributed by atoms with Crippen molar-refractivity contribution < 1.29 is 23.8 Å². The molecule has 0 aliphatic heterocycles. The van der Waals surface area contributed by atoms with E-state index in [0.29, 0.717) is 24.6 Å². The summed E-state index contributed by atoms with van der Waals surface area (Å²) >= 11 is 0. The van der Waals surface area contributed by atoms with Crippen LogP contribution in [0.1, 0.15) is 65.9 Å². The number of carbonyl (C=O) groups is 2. The van der Waals surface area contributed by atoms with Gasteiger partial charge in [-0.15, -0.1) is 0 Å². The molecular weight excluding hydrogens is 396 g/mol. The zero-order chi connectivity index (χ0) is 23.4. The summed E-state index contributed by atoms with van der Waals surface area (Å²) in [5.41, 5.74) is 6.07. The van der Waals surface area contributed by atoms with Gasteiger partial charge in [-0.1, -0.05) is 32.1 Å². The predicted octanol–water partition coefficient (Wildman–Crippen LogP) is 4.73. The molecule has 0 aliphatic rings. The van der Waals surface area contributed by atoms with Crippen LogP contribution >= 0.6 is 0 Å². The molecule has 0 aromatic heterocycles. The first-order chi connectivity index (χ1) is 14.5. The lowest BCUT2D eigenvalue weighted by molar-refractivity contribution is -0.121. The third-order valence-electron chi connectivity index (χ3n) is 4.78. The number of hydrogen-bond donors (Lipinski definition) is 2. The Hall–Kier alpha value is -2.54. The third-order valence-corrected chi connectivity index (χ3v) is 4.78. The van der Waals surface area contributed by atoms with Crippen molar-refractivity contribution in [2.24, 2.45) is 11.7 Å². The number of ether oxygens (including phenoxy) is 3. The van der Waals surface area contributed by atoms with Crippen molar-refractivity contribution >= 4 is 12.1 Å². The number of allylic oxidation sites excluding steroid dienone is 2. The van der Waals surface area contributed by atoms with Crippen molar-refractivity contribution in [3.8, 4) is 11.5 Å². The highest BCUT2D eigenvalue weighted by molar-refractivity contribution is 5.75. The van der Waals surface area contributed by atoms with Gasteiger partial charge in [-0.05, 0) is 63.6 Å². The van der Waals surface area contributed by atoms with Crippen LogP contribution in [0.4, 0.5) is 4.79 Å². The van der Waals surface area contributed by atoms with Gasteiger partial charge in [-0.2, -0.15) is 0 Å². The van der Waals surface area contributed by atoms with Gasteiger partial charge in [0, 0.05) is 18.5 Å². The molecule has 0 bridgehead atoms. The fourth-order valence-electron chi connectivity index (χ4n) is 2.52. The molecule has 31 heavy (non-hydrogen) atoms. The molecule has 0 radical (unpaired) electrons. The number of amides is 1. The van der Waals surface area contributed by atoms with Gasteiger partial charge in [-0.3, -0.25) is 4.79 Å². The number of hydrogen-bond acceptors (Lipinski definition) is 6. The van der Waals surface area contributed by atoms with Crippen molar-refractivity contribution in [1.29, 1.82) is 0 Å². The monoisotopic (exact) mass is 434 g/mol. The quantitative estimate of drug-likeness (QED) is 0.214. The zero-order valence-electron chi connectivity index (χ0n) is 19.7. The van der Waals surface area contributed by atoms with Crippen LogP contribution in [0.5, 0.6) is 11.5 Å². The van der Waals surface area contributed by atoms with Gasteiger partial charge in [0.1, 0.15) is 6.10 Å². The molecule has 3 N–H and O–H groups in total. The summed E-state index contributed by atoms with van der Waals surface area (Å²) in [5, 5.41) is 2.90. The molecule has 1 atom stereocenters.